The van der Waals surface area contributed by atoms with Gasteiger partial charge in [0.2, 0.25) is 5.91 Å². The summed E-state index contributed by atoms with van der Waals surface area (Å²) >= 11 is 0. The second-order valence-electron chi connectivity index (χ2n) is 23.9. The maximum absolute atomic E-state index is 12.5. The van der Waals surface area contributed by atoms with Gasteiger partial charge in [0.05, 0.1) is 25.4 Å². The summed E-state index contributed by atoms with van der Waals surface area (Å²) in [6.45, 7) is 4.95. The van der Waals surface area contributed by atoms with Gasteiger partial charge in [-0.15, -0.1) is 0 Å². The first-order chi connectivity index (χ1) is 38.5. The summed E-state index contributed by atoms with van der Waals surface area (Å²) in [6.07, 6.45) is 87.2. The fourth-order valence-electron chi connectivity index (χ4n) is 10.8. The number of carbonyl (C=O) groups excluding carboxylic acids is 2. The summed E-state index contributed by atoms with van der Waals surface area (Å²) in [5.74, 6) is -0.0352. The highest BCUT2D eigenvalue weighted by Gasteiger charge is 2.20. The highest BCUT2D eigenvalue weighted by molar-refractivity contribution is 5.76. The van der Waals surface area contributed by atoms with E-state index in [4.69, 9.17) is 4.74 Å². The molecule has 0 aromatic carbocycles. The van der Waals surface area contributed by atoms with Crippen LogP contribution in [0.1, 0.15) is 373 Å². The van der Waals surface area contributed by atoms with Crippen LogP contribution in [0.3, 0.4) is 0 Å². The molecule has 0 aromatic heterocycles. The number of allylic oxidation sites excluding steroid dienone is 8. The van der Waals surface area contributed by atoms with Crippen molar-refractivity contribution in [2.45, 2.75) is 386 Å². The van der Waals surface area contributed by atoms with E-state index in [-0.39, 0.29) is 18.5 Å². The van der Waals surface area contributed by atoms with Crippen molar-refractivity contribution in [2.75, 3.05) is 13.2 Å². The van der Waals surface area contributed by atoms with E-state index in [0.29, 0.717) is 25.9 Å². The molecule has 0 saturated heterocycles. The van der Waals surface area contributed by atoms with Crippen LogP contribution in [0, 0.1) is 0 Å². The van der Waals surface area contributed by atoms with E-state index in [2.05, 4.69) is 67.8 Å². The Labute approximate surface area is 486 Å². The fourth-order valence-corrected chi connectivity index (χ4v) is 10.8. The van der Waals surface area contributed by atoms with Crippen molar-refractivity contribution in [1.29, 1.82) is 0 Å². The van der Waals surface area contributed by atoms with Gasteiger partial charge in [0.15, 0.2) is 0 Å². The summed E-state index contributed by atoms with van der Waals surface area (Å²) in [7, 11) is 0. The zero-order valence-corrected chi connectivity index (χ0v) is 52.4. The molecule has 1 amide bonds. The van der Waals surface area contributed by atoms with Gasteiger partial charge in [-0.25, -0.2) is 0 Å². The standard InChI is InChI=1S/C72H135NO5/c1-3-5-7-9-11-13-15-17-19-36-40-44-48-52-56-60-64-70(75)69(68-74)73-71(76)65-61-57-53-49-45-41-37-34-32-30-28-26-24-22-21-23-25-27-29-31-33-35-39-43-47-51-55-59-63-67-78-72(77)66-62-58-54-50-46-42-38-20-18-16-14-12-10-8-6-4-2/h14,16,20-21,23,27,29,38,69-70,74-75H,3-13,15,17-19,22,24-26,28,30-37,39-68H2,1-2H3,(H,73,76)/b16-14-,23-21-,29-27-,38-20-. The van der Waals surface area contributed by atoms with Crippen molar-refractivity contribution in [1.82, 2.24) is 5.32 Å². The molecule has 0 aromatic rings. The number of aliphatic hydroxyl groups excluding tert-OH is 2. The SMILES string of the molecule is CCCCCC/C=C\C/C=C\CCCCCCCC(=O)OCCCCCCCCCCC/C=C\C/C=C\CCCCCCCCCCCCCCCC(=O)NC(CO)C(O)CCCCCCCCCCCCCCCCCC. The molecule has 0 saturated carbocycles. The normalized spacial score (nSPS) is 12.8. The van der Waals surface area contributed by atoms with Gasteiger partial charge in [0, 0.05) is 12.8 Å². The summed E-state index contributed by atoms with van der Waals surface area (Å²) < 4.78 is 5.48. The average Bonchev–Trinajstić information content (AvgIpc) is 3.44. The van der Waals surface area contributed by atoms with Gasteiger partial charge in [-0.05, 0) is 89.9 Å². The van der Waals surface area contributed by atoms with Crippen molar-refractivity contribution < 1.29 is 24.5 Å². The predicted octanol–water partition coefficient (Wildman–Crippen LogP) is 22.5. The van der Waals surface area contributed by atoms with Crippen LogP contribution >= 0.6 is 0 Å². The third-order valence-corrected chi connectivity index (χ3v) is 16.1. The van der Waals surface area contributed by atoms with Gasteiger partial charge in [0.25, 0.3) is 0 Å². The minimum Gasteiger partial charge on any atom is -0.466 e. The molecular formula is C72H135NO5. The highest BCUT2D eigenvalue weighted by atomic mass is 16.5. The van der Waals surface area contributed by atoms with Gasteiger partial charge >= 0.3 is 5.97 Å². The number of rotatable bonds is 65. The molecule has 458 valence electrons. The Bertz CT molecular complexity index is 1310. The van der Waals surface area contributed by atoms with Crippen LogP contribution in [0.15, 0.2) is 48.6 Å². The minimum atomic E-state index is -0.666. The van der Waals surface area contributed by atoms with Crippen LogP contribution < -0.4 is 5.32 Å². The Balaban J connectivity index is 3.41. The van der Waals surface area contributed by atoms with Gasteiger partial charge in [-0.2, -0.15) is 0 Å². The summed E-state index contributed by atoms with van der Waals surface area (Å²) in [4.78, 5) is 24.6. The molecule has 3 N–H and O–H groups in total. The van der Waals surface area contributed by atoms with E-state index in [1.54, 1.807) is 0 Å². The van der Waals surface area contributed by atoms with Crippen molar-refractivity contribution >= 4 is 11.9 Å². The second kappa shape index (κ2) is 67.3. The quantitative estimate of drug-likeness (QED) is 0.0320. The molecule has 0 aliphatic carbocycles. The van der Waals surface area contributed by atoms with Gasteiger partial charge in [-0.3, -0.25) is 9.59 Å². The smallest absolute Gasteiger partial charge is 0.305 e. The number of esters is 1. The highest BCUT2D eigenvalue weighted by Crippen LogP contribution is 2.18. The number of ether oxygens (including phenoxy) is 1. The molecule has 0 fully saturated rings. The molecule has 0 aliphatic rings. The number of hydrogen-bond donors (Lipinski definition) is 3. The largest absolute Gasteiger partial charge is 0.466 e. The summed E-state index contributed by atoms with van der Waals surface area (Å²) in [5.41, 5.74) is 0. The zero-order chi connectivity index (χ0) is 56.4. The molecule has 0 rings (SSSR count). The number of unbranched alkanes of at least 4 members (excludes halogenated alkanes) is 46. The Morgan fingerprint density at radius 1 is 0.359 bits per heavy atom. The van der Waals surface area contributed by atoms with Crippen molar-refractivity contribution in [3.8, 4) is 0 Å². The molecule has 6 heteroatoms. The lowest BCUT2D eigenvalue weighted by Gasteiger charge is -2.22. The average molecular weight is 1090 g/mol. The Kier molecular flexibility index (Phi) is 65.4. The molecule has 2 unspecified atom stereocenters. The Morgan fingerprint density at radius 2 is 0.641 bits per heavy atom. The topological polar surface area (TPSA) is 95.9 Å². The monoisotopic (exact) mass is 1090 g/mol. The number of hydrogen-bond acceptors (Lipinski definition) is 5. The molecule has 0 aliphatic heterocycles. The maximum atomic E-state index is 12.5. The summed E-state index contributed by atoms with van der Waals surface area (Å²) in [6, 6.07) is -0.543. The third kappa shape index (κ3) is 63.0. The molecule has 78 heavy (non-hydrogen) atoms. The lowest BCUT2D eigenvalue weighted by atomic mass is 10.0. The van der Waals surface area contributed by atoms with Crippen molar-refractivity contribution in [2.24, 2.45) is 0 Å². The first-order valence-electron chi connectivity index (χ1n) is 34.9. The fraction of sp³-hybridized carbons (Fsp3) is 0.861. The molecular weight excluding hydrogens is 959 g/mol. The Hall–Kier alpha value is -2.18. The van der Waals surface area contributed by atoms with E-state index in [1.165, 1.54) is 283 Å². The third-order valence-electron chi connectivity index (χ3n) is 16.1. The first-order valence-corrected chi connectivity index (χ1v) is 34.9. The first kappa shape index (κ1) is 75.8. The van der Waals surface area contributed by atoms with Crippen LogP contribution in [0.25, 0.3) is 0 Å². The molecule has 0 radical (unpaired) electrons. The van der Waals surface area contributed by atoms with E-state index in [9.17, 15) is 19.8 Å². The maximum Gasteiger partial charge on any atom is 0.305 e. The van der Waals surface area contributed by atoms with E-state index < -0.39 is 12.1 Å². The van der Waals surface area contributed by atoms with Crippen LogP contribution in [0.4, 0.5) is 0 Å². The summed E-state index contributed by atoms with van der Waals surface area (Å²) in [5, 5.41) is 23.3. The van der Waals surface area contributed by atoms with E-state index >= 15 is 0 Å². The van der Waals surface area contributed by atoms with Crippen LogP contribution in [0.5, 0.6) is 0 Å². The van der Waals surface area contributed by atoms with Crippen molar-refractivity contribution in [3.05, 3.63) is 48.6 Å². The zero-order valence-electron chi connectivity index (χ0n) is 52.4. The lowest BCUT2D eigenvalue weighted by Crippen LogP contribution is -2.45. The number of aliphatic hydroxyl groups is 2. The van der Waals surface area contributed by atoms with Gasteiger partial charge < -0.3 is 20.3 Å². The lowest BCUT2D eigenvalue weighted by molar-refractivity contribution is -0.143. The molecule has 0 heterocycles. The number of amides is 1. The van der Waals surface area contributed by atoms with Gasteiger partial charge in [0.1, 0.15) is 0 Å². The van der Waals surface area contributed by atoms with Crippen LogP contribution in [-0.2, 0) is 14.3 Å². The Morgan fingerprint density at radius 3 is 0.987 bits per heavy atom. The van der Waals surface area contributed by atoms with Gasteiger partial charge in [-0.1, -0.05) is 319 Å². The van der Waals surface area contributed by atoms with Crippen LogP contribution in [-0.4, -0.2) is 47.4 Å². The molecule has 0 spiro atoms. The number of carbonyl (C=O) groups is 2. The van der Waals surface area contributed by atoms with Crippen molar-refractivity contribution in [3.63, 3.8) is 0 Å². The molecule has 0 bridgehead atoms. The molecule has 2 atom stereocenters. The van der Waals surface area contributed by atoms with E-state index in [1.807, 2.05) is 0 Å². The second-order valence-corrected chi connectivity index (χ2v) is 23.9. The predicted molar refractivity (Wildman–Crippen MR) is 342 cm³/mol. The number of nitrogens with one attached hydrogen (secondary N) is 1. The molecule has 6 nitrogen and oxygen atoms in total. The van der Waals surface area contributed by atoms with Crippen LogP contribution in [0.2, 0.25) is 0 Å². The van der Waals surface area contributed by atoms with E-state index in [0.717, 1.165) is 57.8 Å². The minimum absolute atomic E-state index is 0.00138.